The van der Waals surface area contributed by atoms with E-state index in [2.05, 4.69) is 49.8 Å². The molecule has 1 N–H and O–H groups in total. The van der Waals surface area contributed by atoms with Crippen LogP contribution in [0.15, 0.2) is 4.47 Å². The van der Waals surface area contributed by atoms with Gasteiger partial charge in [-0.25, -0.2) is 0 Å². The minimum Gasteiger partial charge on any atom is -0.307 e. The van der Waals surface area contributed by atoms with Crippen LogP contribution in [0.2, 0.25) is 0 Å². The van der Waals surface area contributed by atoms with Crippen LogP contribution >= 0.6 is 15.9 Å². The molecule has 0 radical (unpaired) electrons. The van der Waals surface area contributed by atoms with E-state index in [4.69, 9.17) is 0 Å². The van der Waals surface area contributed by atoms with Crippen molar-refractivity contribution in [2.75, 3.05) is 19.6 Å². The molecule has 1 atom stereocenters. The van der Waals surface area contributed by atoms with Crippen LogP contribution in [0.3, 0.4) is 0 Å². The topological polar surface area (TPSA) is 33.1 Å². The Morgan fingerprint density at radius 3 is 2.68 bits per heavy atom. The van der Waals surface area contributed by atoms with Gasteiger partial charge in [-0.05, 0) is 61.6 Å². The van der Waals surface area contributed by atoms with Crippen LogP contribution in [-0.4, -0.2) is 40.4 Å². The van der Waals surface area contributed by atoms with Gasteiger partial charge in [0.05, 0.1) is 15.9 Å². The second-order valence-electron chi connectivity index (χ2n) is 5.79. The third-order valence-electron chi connectivity index (χ3n) is 4.64. The zero-order chi connectivity index (χ0) is 13.4. The molecule has 0 aromatic carbocycles. The van der Waals surface area contributed by atoms with E-state index in [9.17, 15) is 0 Å². The lowest BCUT2D eigenvalue weighted by atomic mass is 9.84. The molecule has 3 aliphatic heterocycles. The Bertz CT molecular complexity index is 449. The Kier molecular flexibility index (Phi) is 3.96. The van der Waals surface area contributed by atoms with E-state index in [1.807, 2.05) is 0 Å². The number of hydrogen-bond donors (Lipinski definition) is 1. The normalized spacial score (nSPS) is 29.9. The first-order valence-electron chi connectivity index (χ1n) is 7.36. The van der Waals surface area contributed by atoms with Crippen molar-refractivity contribution in [1.82, 2.24) is 20.0 Å². The molecule has 1 aromatic heterocycles. The van der Waals surface area contributed by atoms with Crippen molar-refractivity contribution in [2.24, 2.45) is 5.92 Å². The van der Waals surface area contributed by atoms with Crippen molar-refractivity contribution in [3.63, 3.8) is 0 Å². The summed E-state index contributed by atoms with van der Waals surface area (Å²) in [7, 11) is 0. The van der Waals surface area contributed by atoms with Crippen LogP contribution in [0, 0.1) is 12.8 Å². The molecule has 3 saturated heterocycles. The third-order valence-corrected chi connectivity index (χ3v) is 5.67. The average Bonchev–Trinajstić information content (AvgIpc) is 2.73. The molecule has 5 heteroatoms. The standard InChI is InChI=1S/C14H23BrN4/c1-3-19-13(14(15)10(2)17-19)8-16-12-9-18-6-4-11(12)5-7-18/h11-12,16H,3-9H2,1-2H3. The third kappa shape index (κ3) is 2.60. The van der Waals surface area contributed by atoms with Gasteiger partial charge >= 0.3 is 0 Å². The van der Waals surface area contributed by atoms with Gasteiger partial charge in [0.2, 0.25) is 0 Å². The Morgan fingerprint density at radius 2 is 2.11 bits per heavy atom. The van der Waals surface area contributed by atoms with Gasteiger partial charge in [0.1, 0.15) is 0 Å². The SMILES string of the molecule is CCn1nc(C)c(Br)c1CNC1CN2CCC1CC2. The fraction of sp³-hybridized carbons (Fsp3) is 0.786. The molecular formula is C14H23BrN4. The Balaban J connectivity index is 1.66. The smallest absolute Gasteiger partial charge is 0.0739 e. The van der Waals surface area contributed by atoms with Gasteiger partial charge in [0, 0.05) is 25.7 Å². The summed E-state index contributed by atoms with van der Waals surface area (Å²) in [5.74, 6) is 0.878. The molecule has 1 aromatic rings. The van der Waals surface area contributed by atoms with Gasteiger partial charge in [-0.2, -0.15) is 5.10 Å². The summed E-state index contributed by atoms with van der Waals surface area (Å²) in [6.45, 7) is 9.90. The Morgan fingerprint density at radius 1 is 1.37 bits per heavy atom. The predicted molar refractivity (Wildman–Crippen MR) is 80.1 cm³/mol. The van der Waals surface area contributed by atoms with E-state index < -0.39 is 0 Å². The maximum atomic E-state index is 4.56. The predicted octanol–water partition coefficient (Wildman–Crippen LogP) is 2.16. The summed E-state index contributed by atoms with van der Waals surface area (Å²) in [6.07, 6.45) is 2.73. The summed E-state index contributed by atoms with van der Waals surface area (Å²) < 4.78 is 3.27. The summed E-state index contributed by atoms with van der Waals surface area (Å²) in [6, 6.07) is 0.662. The maximum Gasteiger partial charge on any atom is 0.0739 e. The summed E-state index contributed by atoms with van der Waals surface area (Å²) in [4.78, 5) is 2.59. The van der Waals surface area contributed by atoms with Gasteiger partial charge in [-0.15, -0.1) is 0 Å². The number of hydrogen-bond acceptors (Lipinski definition) is 3. The minimum atomic E-state index is 0.662. The molecule has 106 valence electrons. The highest BCUT2D eigenvalue weighted by atomic mass is 79.9. The number of nitrogens with one attached hydrogen (secondary N) is 1. The van der Waals surface area contributed by atoms with Crippen LogP contribution in [-0.2, 0) is 13.1 Å². The first-order valence-corrected chi connectivity index (χ1v) is 8.16. The molecule has 4 heterocycles. The Labute approximate surface area is 123 Å². The number of aromatic nitrogens is 2. The number of rotatable bonds is 4. The lowest BCUT2D eigenvalue weighted by Crippen LogP contribution is -2.55. The van der Waals surface area contributed by atoms with E-state index in [1.54, 1.807) is 0 Å². The molecule has 3 aliphatic rings. The second-order valence-corrected chi connectivity index (χ2v) is 6.58. The van der Waals surface area contributed by atoms with Crippen molar-refractivity contribution in [1.29, 1.82) is 0 Å². The minimum absolute atomic E-state index is 0.662. The van der Waals surface area contributed by atoms with Crippen molar-refractivity contribution in [3.8, 4) is 0 Å². The average molecular weight is 327 g/mol. The van der Waals surface area contributed by atoms with Gasteiger partial charge in [0.25, 0.3) is 0 Å². The van der Waals surface area contributed by atoms with E-state index >= 15 is 0 Å². The Hall–Kier alpha value is -0.390. The first kappa shape index (κ1) is 13.6. The molecule has 3 fully saturated rings. The number of piperidine rings is 3. The molecule has 0 amide bonds. The molecular weight excluding hydrogens is 304 g/mol. The molecule has 19 heavy (non-hydrogen) atoms. The van der Waals surface area contributed by atoms with E-state index in [0.29, 0.717) is 6.04 Å². The fourth-order valence-electron chi connectivity index (χ4n) is 3.46. The maximum absolute atomic E-state index is 4.56. The number of aryl methyl sites for hydroxylation is 2. The summed E-state index contributed by atoms with van der Waals surface area (Å²) >= 11 is 3.67. The van der Waals surface area contributed by atoms with Gasteiger partial charge in [-0.3, -0.25) is 4.68 Å². The van der Waals surface area contributed by atoms with Crippen molar-refractivity contribution < 1.29 is 0 Å². The van der Waals surface area contributed by atoms with E-state index in [-0.39, 0.29) is 0 Å². The van der Waals surface area contributed by atoms with Crippen LogP contribution < -0.4 is 5.32 Å². The number of halogens is 1. The molecule has 4 nitrogen and oxygen atoms in total. The lowest BCUT2D eigenvalue weighted by molar-refractivity contribution is 0.0716. The van der Waals surface area contributed by atoms with Crippen LogP contribution in [0.25, 0.3) is 0 Å². The van der Waals surface area contributed by atoms with Gasteiger partial charge < -0.3 is 10.2 Å². The van der Waals surface area contributed by atoms with E-state index in [0.717, 1.165) is 24.7 Å². The number of fused-ring (bicyclic) bond motifs is 3. The van der Waals surface area contributed by atoms with Crippen molar-refractivity contribution in [3.05, 3.63) is 15.9 Å². The van der Waals surface area contributed by atoms with Crippen LogP contribution in [0.4, 0.5) is 0 Å². The van der Waals surface area contributed by atoms with Crippen LogP contribution in [0.5, 0.6) is 0 Å². The molecule has 0 saturated carbocycles. The summed E-state index contributed by atoms with van der Waals surface area (Å²) in [5, 5.41) is 8.33. The summed E-state index contributed by atoms with van der Waals surface area (Å²) in [5.41, 5.74) is 2.38. The highest BCUT2D eigenvalue weighted by Crippen LogP contribution is 2.28. The van der Waals surface area contributed by atoms with Crippen molar-refractivity contribution in [2.45, 2.75) is 45.8 Å². The van der Waals surface area contributed by atoms with Gasteiger partial charge in [-0.1, -0.05) is 0 Å². The second kappa shape index (κ2) is 5.54. The number of nitrogens with zero attached hydrogens (tertiary/aromatic N) is 3. The van der Waals surface area contributed by atoms with Crippen LogP contribution in [0.1, 0.15) is 31.2 Å². The fourth-order valence-corrected chi connectivity index (χ4v) is 3.89. The highest BCUT2D eigenvalue weighted by Gasteiger charge is 2.33. The van der Waals surface area contributed by atoms with E-state index in [1.165, 1.54) is 42.6 Å². The van der Waals surface area contributed by atoms with Crippen molar-refractivity contribution >= 4 is 15.9 Å². The lowest BCUT2D eigenvalue weighted by Gasteiger charge is -2.45. The zero-order valence-electron chi connectivity index (χ0n) is 11.8. The van der Waals surface area contributed by atoms with Gasteiger partial charge in [0.15, 0.2) is 0 Å². The molecule has 1 unspecified atom stereocenters. The largest absolute Gasteiger partial charge is 0.307 e. The molecule has 4 rings (SSSR count). The zero-order valence-corrected chi connectivity index (χ0v) is 13.4. The first-order chi connectivity index (χ1) is 9.19. The molecule has 0 aliphatic carbocycles. The highest BCUT2D eigenvalue weighted by molar-refractivity contribution is 9.10. The molecule has 2 bridgehead atoms. The quantitative estimate of drug-likeness (QED) is 0.920. The molecule has 0 spiro atoms. The monoisotopic (exact) mass is 326 g/mol.